The van der Waals surface area contributed by atoms with Crippen LogP contribution in [-0.2, 0) is 17.9 Å². The quantitative estimate of drug-likeness (QED) is 0.915. The fourth-order valence-corrected chi connectivity index (χ4v) is 2.02. The van der Waals surface area contributed by atoms with Crippen LogP contribution in [0.25, 0.3) is 0 Å². The van der Waals surface area contributed by atoms with E-state index in [-0.39, 0.29) is 11.8 Å². The van der Waals surface area contributed by atoms with Crippen LogP contribution in [0.3, 0.4) is 0 Å². The summed E-state index contributed by atoms with van der Waals surface area (Å²) < 4.78 is 4.99. The van der Waals surface area contributed by atoms with Crippen molar-refractivity contribution in [3.63, 3.8) is 0 Å². The average molecular weight is 301 g/mol. The fraction of sp³-hybridized carbons (Fsp3) is 0.312. The maximum Gasteiger partial charge on any atom is 0.253 e. The molecular weight excluding hydrogens is 282 g/mol. The van der Waals surface area contributed by atoms with Crippen molar-refractivity contribution in [2.45, 2.75) is 26.9 Å². The van der Waals surface area contributed by atoms with E-state index in [0.29, 0.717) is 18.7 Å². The van der Waals surface area contributed by atoms with Crippen LogP contribution in [0.2, 0.25) is 0 Å². The molecule has 2 amide bonds. The topological polar surface area (TPSA) is 75.4 Å². The van der Waals surface area contributed by atoms with E-state index in [1.165, 1.54) is 6.92 Å². The van der Waals surface area contributed by atoms with Crippen molar-refractivity contribution in [3.05, 3.63) is 52.9 Å². The molecule has 0 saturated heterocycles. The summed E-state index contributed by atoms with van der Waals surface area (Å²) >= 11 is 0. The monoisotopic (exact) mass is 301 g/mol. The standard InChI is InChI=1S/C16H19N3O3/c1-11-8-15(18-22-11)10-19(3)16(21)14-6-4-13(5-7-14)9-17-12(2)20/h4-8H,9-10H2,1-3H3,(H,17,20). The van der Waals surface area contributed by atoms with Crippen LogP contribution in [0.4, 0.5) is 0 Å². The van der Waals surface area contributed by atoms with Gasteiger partial charge in [0.25, 0.3) is 5.91 Å². The number of carbonyl (C=O) groups is 2. The first-order chi connectivity index (χ1) is 10.5. The SMILES string of the molecule is CC(=O)NCc1ccc(C(=O)N(C)Cc2cc(C)on2)cc1. The smallest absolute Gasteiger partial charge is 0.253 e. The van der Waals surface area contributed by atoms with Crippen LogP contribution in [-0.4, -0.2) is 28.9 Å². The predicted octanol–water partition coefficient (Wildman–Crippen LogP) is 1.89. The predicted molar refractivity (Wildman–Crippen MR) is 81.0 cm³/mol. The summed E-state index contributed by atoms with van der Waals surface area (Å²) in [5.74, 6) is 0.549. The number of rotatable bonds is 5. The molecule has 0 atom stereocenters. The van der Waals surface area contributed by atoms with E-state index in [0.717, 1.165) is 17.0 Å². The summed E-state index contributed by atoms with van der Waals surface area (Å²) in [5, 5.41) is 6.59. The minimum atomic E-state index is -0.0910. The number of aryl methyl sites for hydroxylation is 1. The maximum absolute atomic E-state index is 12.3. The Kier molecular flexibility index (Phi) is 4.93. The molecule has 6 heteroatoms. The van der Waals surface area contributed by atoms with Gasteiger partial charge in [-0.2, -0.15) is 0 Å². The molecule has 0 aliphatic carbocycles. The first-order valence-corrected chi connectivity index (χ1v) is 6.96. The van der Waals surface area contributed by atoms with Gasteiger partial charge in [0.1, 0.15) is 11.5 Å². The van der Waals surface area contributed by atoms with Crippen molar-refractivity contribution < 1.29 is 14.1 Å². The van der Waals surface area contributed by atoms with Crippen molar-refractivity contribution >= 4 is 11.8 Å². The largest absolute Gasteiger partial charge is 0.361 e. The van der Waals surface area contributed by atoms with Gasteiger partial charge in [0, 0.05) is 32.1 Å². The maximum atomic E-state index is 12.3. The first kappa shape index (κ1) is 15.8. The lowest BCUT2D eigenvalue weighted by atomic mass is 10.1. The number of aromatic nitrogens is 1. The van der Waals surface area contributed by atoms with Crippen molar-refractivity contribution in [2.75, 3.05) is 7.05 Å². The van der Waals surface area contributed by atoms with Crippen LogP contribution < -0.4 is 5.32 Å². The summed E-state index contributed by atoms with van der Waals surface area (Å²) in [4.78, 5) is 24.8. The third kappa shape index (κ3) is 4.18. The Morgan fingerprint density at radius 1 is 1.27 bits per heavy atom. The molecule has 0 radical (unpaired) electrons. The molecule has 0 spiro atoms. The van der Waals surface area contributed by atoms with E-state index in [4.69, 9.17) is 4.52 Å². The Morgan fingerprint density at radius 2 is 1.95 bits per heavy atom. The van der Waals surface area contributed by atoms with Crippen LogP contribution in [0.5, 0.6) is 0 Å². The minimum absolute atomic E-state index is 0.0807. The number of nitrogens with zero attached hydrogens (tertiary/aromatic N) is 2. The van der Waals surface area contributed by atoms with E-state index in [2.05, 4.69) is 10.5 Å². The third-order valence-electron chi connectivity index (χ3n) is 3.16. The zero-order valence-electron chi connectivity index (χ0n) is 12.9. The number of amides is 2. The molecule has 1 aromatic carbocycles. The van der Waals surface area contributed by atoms with Gasteiger partial charge in [0.2, 0.25) is 5.91 Å². The lowest BCUT2D eigenvalue weighted by Gasteiger charge is -2.15. The van der Waals surface area contributed by atoms with Gasteiger partial charge in [0.15, 0.2) is 0 Å². The summed E-state index contributed by atoms with van der Waals surface area (Å²) in [6, 6.07) is 8.98. The van der Waals surface area contributed by atoms with Gasteiger partial charge in [-0.15, -0.1) is 0 Å². The summed E-state index contributed by atoms with van der Waals surface area (Å²) in [6.07, 6.45) is 0. The fourth-order valence-electron chi connectivity index (χ4n) is 2.02. The molecule has 1 aromatic heterocycles. The summed E-state index contributed by atoms with van der Waals surface area (Å²) in [6.45, 7) is 4.13. The second-order valence-electron chi connectivity index (χ2n) is 5.20. The van der Waals surface area contributed by atoms with E-state index >= 15 is 0 Å². The molecule has 22 heavy (non-hydrogen) atoms. The number of benzene rings is 1. The summed E-state index contributed by atoms with van der Waals surface area (Å²) in [5.41, 5.74) is 2.26. The highest BCUT2D eigenvalue weighted by Gasteiger charge is 2.13. The van der Waals surface area contributed by atoms with E-state index in [1.807, 2.05) is 19.1 Å². The molecule has 1 heterocycles. The Hall–Kier alpha value is -2.63. The average Bonchev–Trinajstić information content (AvgIpc) is 2.90. The molecule has 0 fully saturated rings. The Balaban J connectivity index is 1.97. The van der Waals surface area contributed by atoms with Crippen LogP contribution in [0.1, 0.15) is 34.3 Å². The van der Waals surface area contributed by atoms with Crippen LogP contribution >= 0.6 is 0 Å². The van der Waals surface area contributed by atoms with Crippen molar-refractivity contribution in [1.29, 1.82) is 0 Å². The Bertz CT molecular complexity index is 662. The van der Waals surface area contributed by atoms with Gasteiger partial charge in [-0.05, 0) is 24.6 Å². The van der Waals surface area contributed by atoms with E-state index in [9.17, 15) is 9.59 Å². The number of hydrogen-bond acceptors (Lipinski definition) is 4. The number of carbonyl (C=O) groups excluding carboxylic acids is 2. The Morgan fingerprint density at radius 3 is 2.50 bits per heavy atom. The van der Waals surface area contributed by atoms with Crippen LogP contribution in [0.15, 0.2) is 34.9 Å². The third-order valence-corrected chi connectivity index (χ3v) is 3.16. The van der Waals surface area contributed by atoms with E-state index < -0.39 is 0 Å². The normalized spacial score (nSPS) is 10.3. The van der Waals surface area contributed by atoms with Gasteiger partial charge >= 0.3 is 0 Å². The van der Waals surface area contributed by atoms with Gasteiger partial charge in [-0.25, -0.2) is 0 Å². The van der Waals surface area contributed by atoms with Crippen LogP contribution in [0, 0.1) is 6.92 Å². The van der Waals surface area contributed by atoms with Crippen molar-refractivity contribution in [3.8, 4) is 0 Å². The van der Waals surface area contributed by atoms with Crippen molar-refractivity contribution in [1.82, 2.24) is 15.4 Å². The molecular formula is C16H19N3O3. The molecule has 6 nitrogen and oxygen atoms in total. The van der Waals surface area contributed by atoms with Crippen molar-refractivity contribution in [2.24, 2.45) is 0 Å². The molecule has 1 N–H and O–H groups in total. The van der Waals surface area contributed by atoms with Gasteiger partial charge in [-0.1, -0.05) is 17.3 Å². The molecule has 0 unspecified atom stereocenters. The zero-order chi connectivity index (χ0) is 16.1. The molecule has 0 saturated carbocycles. The number of nitrogens with one attached hydrogen (secondary N) is 1. The molecule has 116 valence electrons. The highest BCUT2D eigenvalue weighted by molar-refractivity contribution is 5.94. The molecule has 0 bridgehead atoms. The molecule has 2 aromatic rings. The summed E-state index contributed by atoms with van der Waals surface area (Å²) in [7, 11) is 1.72. The first-order valence-electron chi connectivity index (χ1n) is 6.96. The van der Waals surface area contributed by atoms with E-state index in [1.54, 1.807) is 30.1 Å². The lowest BCUT2D eigenvalue weighted by Crippen LogP contribution is -2.26. The zero-order valence-corrected chi connectivity index (χ0v) is 12.9. The molecule has 2 rings (SSSR count). The highest BCUT2D eigenvalue weighted by atomic mass is 16.5. The second-order valence-corrected chi connectivity index (χ2v) is 5.20. The molecule has 0 aliphatic rings. The Labute approximate surface area is 129 Å². The highest BCUT2D eigenvalue weighted by Crippen LogP contribution is 2.10. The molecule has 0 aliphatic heterocycles. The minimum Gasteiger partial charge on any atom is -0.361 e. The lowest BCUT2D eigenvalue weighted by molar-refractivity contribution is -0.119. The van der Waals surface area contributed by atoms with Gasteiger partial charge in [0.05, 0.1) is 6.54 Å². The van der Waals surface area contributed by atoms with Gasteiger partial charge < -0.3 is 14.7 Å². The van der Waals surface area contributed by atoms with Gasteiger partial charge in [-0.3, -0.25) is 9.59 Å². The number of hydrogen-bond donors (Lipinski definition) is 1. The second kappa shape index (κ2) is 6.89.